The Balaban J connectivity index is 1.72. The molecule has 1 aromatic heterocycles. The topological polar surface area (TPSA) is 55.2 Å². The molecule has 0 bridgehead atoms. The quantitative estimate of drug-likeness (QED) is 0.710. The van der Waals surface area contributed by atoms with Crippen molar-refractivity contribution >= 4 is 5.91 Å². The molecule has 2 heterocycles. The van der Waals surface area contributed by atoms with Gasteiger partial charge in [-0.1, -0.05) is 11.1 Å². The molecule has 0 unspecified atom stereocenters. The molecule has 2 fully saturated rings. The van der Waals surface area contributed by atoms with Gasteiger partial charge in [0.05, 0.1) is 0 Å². The fourth-order valence-corrected chi connectivity index (χ4v) is 2.53. The van der Waals surface area contributed by atoms with Gasteiger partial charge in [-0.15, -0.1) is 0 Å². The van der Waals surface area contributed by atoms with Crippen LogP contribution >= 0.6 is 0 Å². The molecule has 1 aliphatic heterocycles. The van der Waals surface area contributed by atoms with Gasteiger partial charge in [0.25, 0.3) is 11.5 Å². The molecule has 5 heteroatoms. The molecule has 0 N–H and O–H groups in total. The molecule has 1 aromatic rings. The largest absolute Gasteiger partial charge is 0.337 e. The van der Waals surface area contributed by atoms with Gasteiger partial charge in [0, 0.05) is 26.2 Å². The van der Waals surface area contributed by atoms with Crippen molar-refractivity contribution in [3.05, 3.63) is 39.3 Å². The van der Waals surface area contributed by atoms with E-state index >= 15 is 0 Å². The number of carbonyl (C=O) groups excluding carboxylic acids is 1. The first-order valence-electron chi connectivity index (χ1n) is 6.68. The number of amides is 1. The van der Waals surface area contributed by atoms with Crippen molar-refractivity contribution in [2.75, 3.05) is 13.1 Å². The van der Waals surface area contributed by atoms with E-state index in [0.29, 0.717) is 5.69 Å². The second-order valence-corrected chi connectivity index (χ2v) is 5.18. The van der Waals surface area contributed by atoms with E-state index in [1.165, 1.54) is 29.7 Å². The third-order valence-electron chi connectivity index (χ3n) is 3.83. The van der Waals surface area contributed by atoms with Crippen molar-refractivity contribution in [3.8, 4) is 0 Å². The Bertz CT molecular complexity index is 599. The fourth-order valence-electron chi connectivity index (χ4n) is 2.53. The number of piperidine rings is 1. The molecule has 5 nitrogen and oxygen atoms in total. The lowest BCUT2D eigenvalue weighted by Gasteiger charge is -2.28. The SMILES string of the molecule is Cn1nc(C(=O)N2CCC(=C3CC3)CC2)ccc1=O. The Morgan fingerprint density at radius 1 is 1.11 bits per heavy atom. The lowest BCUT2D eigenvalue weighted by atomic mass is 10.0. The highest BCUT2D eigenvalue weighted by Crippen LogP contribution is 2.36. The Labute approximate surface area is 111 Å². The van der Waals surface area contributed by atoms with E-state index in [0.717, 1.165) is 25.9 Å². The van der Waals surface area contributed by atoms with Crippen LogP contribution in [0.1, 0.15) is 36.2 Å². The molecule has 1 saturated heterocycles. The van der Waals surface area contributed by atoms with Crippen LogP contribution < -0.4 is 5.56 Å². The Morgan fingerprint density at radius 3 is 2.32 bits per heavy atom. The summed E-state index contributed by atoms with van der Waals surface area (Å²) in [5.74, 6) is -0.0737. The molecule has 3 rings (SSSR count). The van der Waals surface area contributed by atoms with Crippen LogP contribution in [0.5, 0.6) is 0 Å². The molecule has 1 saturated carbocycles. The average molecular weight is 259 g/mol. The summed E-state index contributed by atoms with van der Waals surface area (Å²) in [5, 5.41) is 4.02. The summed E-state index contributed by atoms with van der Waals surface area (Å²) in [4.78, 5) is 25.4. The third kappa shape index (κ3) is 2.45. The van der Waals surface area contributed by atoms with Crippen molar-refractivity contribution < 1.29 is 4.79 Å². The van der Waals surface area contributed by atoms with Crippen molar-refractivity contribution in [1.29, 1.82) is 0 Å². The summed E-state index contributed by atoms with van der Waals surface area (Å²) in [7, 11) is 1.56. The van der Waals surface area contributed by atoms with Crippen LogP contribution in [-0.2, 0) is 7.05 Å². The molecule has 1 amide bonds. The minimum absolute atomic E-state index is 0.0737. The van der Waals surface area contributed by atoms with Gasteiger partial charge in [-0.05, 0) is 31.7 Å². The number of hydrogen-bond acceptors (Lipinski definition) is 3. The monoisotopic (exact) mass is 259 g/mol. The maximum Gasteiger partial charge on any atom is 0.274 e. The molecule has 0 atom stereocenters. The first-order valence-corrected chi connectivity index (χ1v) is 6.68. The highest BCUT2D eigenvalue weighted by atomic mass is 16.2. The summed E-state index contributed by atoms with van der Waals surface area (Å²) >= 11 is 0. The van der Waals surface area contributed by atoms with E-state index in [4.69, 9.17) is 0 Å². The zero-order valence-electron chi connectivity index (χ0n) is 11.1. The summed E-state index contributed by atoms with van der Waals surface area (Å²) in [6.45, 7) is 1.53. The highest BCUT2D eigenvalue weighted by molar-refractivity contribution is 5.92. The lowest BCUT2D eigenvalue weighted by Crippen LogP contribution is -2.37. The first kappa shape index (κ1) is 12.1. The van der Waals surface area contributed by atoms with Crippen LogP contribution in [-0.4, -0.2) is 33.7 Å². The van der Waals surface area contributed by atoms with Crippen molar-refractivity contribution in [1.82, 2.24) is 14.7 Å². The number of likely N-dealkylation sites (tertiary alicyclic amines) is 1. The molecule has 0 aromatic carbocycles. The number of aryl methyl sites for hydroxylation is 1. The Hall–Kier alpha value is -1.91. The van der Waals surface area contributed by atoms with Crippen LogP contribution in [0, 0.1) is 0 Å². The molecular formula is C14H17N3O2. The van der Waals surface area contributed by atoms with Crippen LogP contribution in [0.3, 0.4) is 0 Å². The molecule has 19 heavy (non-hydrogen) atoms. The van der Waals surface area contributed by atoms with Crippen molar-refractivity contribution in [3.63, 3.8) is 0 Å². The highest BCUT2D eigenvalue weighted by Gasteiger charge is 2.25. The second-order valence-electron chi connectivity index (χ2n) is 5.18. The van der Waals surface area contributed by atoms with Gasteiger partial charge >= 0.3 is 0 Å². The first-order chi connectivity index (χ1) is 9.15. The third-order valence-corrected chi connectivity index (χ3v) is 3.83. The summed E-state index contributed by atoms with van der Waals surface area (Å²) in [5.41, 5.74) is 3.31. The van der Waals surface area contributed by atoms with Gasteiger partial charge in [0.2, 0.25) is 0 Å². The van der Waals surface area contributed by atoms with E-state index in [2.05, 4.69) is 5.10 Å². The van der Waals surface area contributed by atoms with Gasteiger partial charge in [-0.3, -0.25) is 9.59 Å². The standard InChI is InChI=1S/C14H17N3O2/c1-16-13(18)5-4-12(15-16)14(19)17-8-6-11(7-9-17)10-2-3-10/h4-5H,2-3,6-9H2,1H3. The number of nitrogens with zero attached hydrogens (tertiary/aromatic N) is 3. The lowest BCUT2D eigenvalue weighted by molar-refractivity contribution is 0.0734. The smallest absolute Gasteiger partial charge is 0.274 e. The predicted molar refractivity (Wildman–Crippen MR) is 70.9 cm³/mol. The van der Waals surface area contributed by atoms with Gasteiger partial charge in [0.15, 0.2) is 0 Å². The van der Waals surface area contributed by atoms with Crippen LogP contribution in [0.2, 0.25) is 0 Å². The van der Waals surface area contributed by atoms with Gasteiger partial charge < -0.3 is 4.90 Å². The summed E-state index contributed by atoms with van der Waals surface area (Å²) < 4.78 is 1.20. The fraction of sp³-hybridized carbons (Fsp3) is 0.500. The number of rotatable bonds is 1. The summed E-state index contributed by atoms with van der Waals surface area (Å²) in [6, 6.07) is 2.90. The molecule has 100 valence electrons. The summed E-state index contributed by atoms with van der Waals surface area (Å²) in [6.07, 6.45) is 4.50. The maximum atomic E-state index is 12.3. The van der Waals surface area contributed by atoms with Gasteiger partial charge in [-0.25, -0.2) is 4.68 Å². The molecule has 1 aliphatic carbocycles. The van der Waals surface area contributed by atoms with Gasteiger partial charge in [0.1, 0.15) is 5.69 Å². The maximum absolute atomic E-state index is 12.3. The van der Waals surface area contributed by atoms with Crippen LogP contribution in [0.15, 0.2) is 28.1 Å². The number of hydrogen-bond donors (Lipinski definition) is 0. The normalized spacial score (nSPS) is 18.7. The Morgan fingerprint density at radius 2 is 1.74 bits per heavy atom. The van der Waals surface area contributed by atoms with Crippen molar-refractivity contribution in [2.45, 2.75) is 25.7 Å². The molecule has 2 aliphatic rings. The van der Waals surface area contributed by atoms with Crippen LogP contribution in [0.25, 0.3) is 0 Å². The van der Waals surface area contributed by atoms with E-state index < -0.39 is 0 Å². The van der Waals surface area contributed by atoms with Crippen molar-refractivity contribution in [2.24, 2.45) is 7.05 Å². The Kier molecular flexibility index (Phi) is 2.97. The number of allylic oxidation sites excluding steroid dienone is 1. The van der Waals surface area contributed by atoms with Crippen LogP contribution in [0.4, 0.5) is 0 Å². The van der Waals surface area contributed by atoms with E-state index in [1.807, 2.05) is 4.90 Å². The zero-order chi connectivity index (χ0) is 13.4. The predicted octanol–water partition coefficient (Wildman–Crippen LogP) is 1.11. The number of carbonyl (C=O) groups is 1. The van der Waals surface area contributed by atoms with E-state index in [9.17, 15) is 9.59 Å². The second kappa shape index (κ2) is 4.64. The average Bonchev–Trinajstić information content (AvgIpc) is 3.26. The minimum atomic E-state index is -0.198. The molecule has 0 radical (unpaired) electrons. The minimum Gasteiger partial charge on any atom is -0.337 e. The number of aromatic nitrogens is 2. The molecule has 0 spiro atoms. The zero-order valence-corrected chi connectivity index (χ0v) is 11.1. The van der Waals surface area contributed by atoms with E-state index in [1.54, 1.807) is 18.2 Å². The van der Waals surface area contributed by atoms with E-state index in [-0.39, 0.29) is 11.5 Å². The van der Waals surface area contributed by atoms with Gasteiger partial charge in [-0.2, -0.15) is 5.10 Å². The molecular weight excluding hydrogens is 242 g/mol.